The molecule has 0 fully saturated rings. The van der Waals surface area contributed by atoms with E-state index in [1.807, 2.05) is 24.3 Å². The first-order valence-corrected chi connectivity index (χ1v) is 9.49. The van der Waals surface area contributed by atoms with Gasteiger partial charge in [-0.05, 0) is 36.4 Å². The molecule has 122 valence electrons. The summed E-state index contributed by atoms with van der Waals surface area (Å²) in [5, 5.41) is 2.88. The average Bonchev–Trinajstić information content (AvgIpc) is 2.95. The summed E-state index contributed by atoms with van der Waals surface area (Å²) in [7, 11) is 0. The Bertz CT molecular complexity index is 927. The summed E-state index contributed by atoms with van der Waals surface area (Å²) in [5.41, 5.74) is 7.24. The Morgan fingerprint density at radius 1 is 1.25 bits per heavy atom. The quantitative estimate of drug-likeness (QED) is 0.611. The lowest BCUT2D eigenvalue weighted by Gasteiger charge is -2.05. The van der Waals surface area contributed by atoms with Crippen LogP contribution in [0.2, 0.25) is 0 Å². The van der Waals surface area contributed by atoms with Gasteiger partial charge in [0, 0.05) is 15.7 Å². The van der Waals surface area contributed by atoms with Crippen LogP contribution in [0.4, 0.5) is 5.69 Å². The first-order valence-electron chi connectivity index (χ1n) is 6.90. The molecule has 0 saturated heterocycles. The van der Waals surface area contributed by atoms with Gasteiger partial charge in [-0.25, -0.2) is 4.98 Å². The van der Waals surface area contributed by atoms with Crippen molar-refractivity contribution in [1.29, 1.82) is 0 Å². The molecule has 0 saturated carbocycles. The summed E-state index contributed by atoms with van der Waals surface area (Å²) >= 11 is 6.13. The number of fused-ring (bicyclic) bond motifs is 1. The molecule has 2 amide bonds. The first-order chi connectivity index (χ1) is 11.5. The highest BCUT2D eigenvalue weighted by atomic mass is 79.9. The van der Waals surface area contributed by atoms with Gasteiger partial charge in [0.1, 0.15) is 0 Å². The van der Waals surface area contributed by atoms with E-state index in [4.69, 9.17) is 5.73 Å². The Labute approximate surface area is 154 Å². The molecule has 0 unspecified atom stereocenters. The number of amides is 2. The highest BCUT2D eigenvalue weighted by Gasteiger charge is 2.10. The Morgan fingerprint density at radius 2 is 2.08 bits per heavy atom. The van der Waals surface area contributed by atoms with Gasteiger partial charge in [0.2, 0.25) is 5.91 Å². The van der Waals surface area contributed by atoms with Crippen molar-refractivity contribution in [1.82, 2.24) is 4.98 Å². The lowest BCUT2D eigenvalue weighted by Crippen LogP contribution is -2.12. The third-order valence-corrected chi connectivity index (χ3v) is 5.73. The number of carbonyl (C=O) groups excluding carboxylic acids is 2. The standard InChI is InChI=1S/C16H12BrN3O2S2/c17-10-3-1-2-9(6-10)15(22)19-11-4-5-12-13(7-11)24-16(20-12)23-8-14(18)21/h1-7H,8H2,(H2,18,21)(H,19,22). The van der Waals surface area contributed by atoms with Gasteiger partial charge >= 0.3 is 0 Å². The van der Waals surface area contributed by atoms with Crippen molar-refractivity contribution in [3.63, 3.8) is 0 Å². The summed E-state index contributed by atoms with van der Waals surface area (Å²) in [6.07, 6.45) is 0. The predicted molar refractivity (Wildman–Crippen MR) is 102 cm³/mol. The summed E-state index contributed by atoms with van der Waals surface area (Å²) in [6.45, 7) is 0. The molecule has 1 heterocycles. The van der Waals surface area contributed by atoms with Crippen molar-refractivity contribution in [2.24, 2.45) is 5.73 Å². The van der Waals surface area contributed by atoms with Crippen LogP contribution in [0.5, 0.6) is 0 Å². The Morgan fingerprint density at radius 3 is 2.83 bits per heavy atom. The van der Waals surface area contributed by atoms with Gasteiger partial charge in [-0.15, -0.1) is 11.3 Å². The van der Waals surface area contributed by atoms with Crippen molar-refractivity contribution < 1.29 is 9.59 Å². The van der Waals surface area contributed by atoms with Crippen LogP contribution in [0.1, 0.15) is 10.4 Å². The minimum atomic E-state index is -0.374. The molecule has 24 heavy (non-hydrogen) atoms. The normalized spacial score (nSPS) is 10.7. The molecule has 1 aromatic heterocycles. The number of hydrogen-bond acceptors (Lipinski definition) is 5. The maximum Gasteiger partial charge on any atom is 0.255 e. The number of benzene rings is 2. The summed E-state index contributed by atoms with van der Waals surface area (Å²) < 4.78 is 2.57. The number of anilines is 1. The van der Waals surface area contributed by atoms with Crippen molar-refractivity contribution in [3.05, 3.63) is 52.5 Å². The molecule has 0 radical (unpaired) electrons. The van der Waals surface area contributed by atoms with Crippen LogP contribution in [0, 0.1) is 0 Å². The third-order valence-electron chi connectivity index (χ3n) is 3.05. The molecule has 8 heteroatoms. The molecule has 3 rings (SSSR count). The molecule has 0 aliphatic carbocycles. The van der Waals surface area contributed by atoms with E-state index < -0.39 is 0 Å². The molecule has 0 atom stereocenters. The van der Waals surface area contributed by atoms with E-state index in [-0.39, 0.29) is 17.6 Å². The van der Waals surface area contributed by atoms with Crippen LogP contribution in [-0.4, -0.2) is 22.6 Å². The van der Waals surface area contributed by atoms with Gasteiger partial charge in [0.25, 0.3) is 5.91 Å². The Balaban J connectivity index is 1.77. The van der Waals surface area contributed by atoms with E-state index in [9.17, 15) is 9.59 Å². The van der Waals surface area contributed by atoms with E-state index in [2.05, 4.69) is 26.2 Å². The number of nitrogens with one attached hydrogen (secondary N) is 1. The van der Waals surface area contributed by atoms with E-state index in [1.54, 1.807) is 18.2 Å². The van der Waals surface area contributed by atoms with E-state index >= 15 is 0 Å². The van der Waals surface area contributed by atoms with Crippen LogP contribution in [0.15, 0.2) is 51.3 Å². The Kier molecular flexibility index (Phi) is 5.17. The van der Waals surface area contributed by atoms with Gasteiger partial charge in [-0.3, -0.25) is 9.59 Å². The molecule has 0 bridgehead atoms. The minimum absolute atomic E-state index is 0.177. The number of hydrogen-bond donors (Lipinski definition) is 2. The highest BCUT2D eigenvalue weighted by molar-refractivity contribution is 9.10. The second-order valence-electron chi connectivity index (χ2n) is 4.88. The zero-order valence-electron chi connectivity index (χ0n) is 12.3. The molecule has 3 N–H and O–H groups in total. The second kappa shape index (κ2) is 7.33. The minimum Gasteiger partial charge on any atom is -0.369 e. The summed E-state index contributed by atoms with van der Waals surface area (Å²) in [5.74, 6) is -0.350. The third kappa shape index (κ3) is 4.14. The smallest absolute Gasteiger partial charge is 0.255 e. The van der Waals surface area contributed by atoms with Gasteiger partial charge in [0.15, 0.2) is 4.34 Å². The van der Waals surface area contributed by atoms with Crippen LogP contribution < -0.4 is 11.1 Å². The molecule has 0 spiro atoms. The van der Waals surface area contributed by atoms with Crippen LogP contribution >= 0.6 is 39.0 Å². The van der Waals surface area contributed by atoms with Crippen molar-refractivity contribution in [2.75, 3.05) is 11.1 Å². The lowest BCUT2D eigenvalue weighted by atomic mass is 10.2. The zero-order valence-corrected chi connectivity index (χ0v) is 15.5. The number of nitrogens with zero attached hydrogens (tertiary/aromatic N) is 1. The fourth-order valence-corrected chi connectivity index (χ4v) is 4.25. The van der Waals surface area contributed by atoms with Gasteiger partial charge < -0.3 is 11.1 Å². The topological polar surface area (TPSA) is 85.1 Å². The monoisotopic (exact) mass is 421 g/mol. The number of thioether (sulfide) groups is 1. The number of primary amides is 1. The highest BCUT2D eigenvalue weighted by Crippen LogP contribution is 2.31. The SMILES string of the molecule is NC(=O)CSc1nc2ccc(NC(=O)c3cccc(Br)c3)cc2s1. The van der Waals surface area contributed by atoms with E-state index in [0.717, 1.165) is 19.0 Å². The average molecular weight is 422 g/mol. The fraction of sp³-hybridized carbons (Fsp3) is 0.0625. The fourth-order valence-electron chi connectivity index (χ4n) is 2.01. The number of halogens is 1. The second-order valence-corrected chi connectivity index (χ2v) is 8.05. The number of carbonyl (C=O) groups is 2. The number of aromatic nitrogens is 1. The van der Waals surface area contributed by atoms with E-state index in [1.165, 1.54) is 23.1 Å². The van der Waals surface area contributed by atoms with Gasteiger partial charge in [-0.1, -0.05) is 33.8 Å². The van der Waals surface area contributed by atoms with Crippen LogP contribution in [0.25, 0.3) is 10.2 Å². The maximum absolute atomic E-state index is 12.3. The molecule has 2 aromatic carbocycles. The van der Waals surface area contributed by atoms with Crippen molar-refractivity contribution >= 4 is 66.7 Å². The number of nitrogens with two attached hydrogens (primary N) is 1. The van der Waals surface area contributed by atoms with Crippen LogP contribution in [0.3, 0.4) is 0 Å². The molecule has 5 nitrogen and oxygen atoms in total. The largest absolute Gasteiger partial charge is 0.369 e. The van der Waals surface area contributed by atoms with E-state index in [0.29, 0.717) is 11.3 Å². The maximum atomic E-state index is 12.3. The van der Waals surface area contributed by atoms with Crippen molar-refractivity contribution in [2.45, 2.75) is 4.34 Å². The molecular weight excluding hydrogens is 410 g/mol. The summed E-state index contributed by atoms with van der Waals surface area (Å²) in [4.78, 5) is 27.6. The lowest BCUT2D eigenvalue weighted by molar-refractivity contribution is -0.115. The van der Waals surface area contributed by atoms with Crippen molar-refractivity contribution in [3.8, 4) is 0 Å². The molecular formula is C16H12BrN3O2S2. The van der Waals surface area contributed by atoms with Crippen LogP contribution in [-0.2, 0) is 4.79 Å². The predicted octanol–water partition coefficient (Wildman–Crippen LogP) is 3.89. The molecule has 0 aliphatic heterocycles. The van der Waals surface area contributed by atoms with Gasteiger partial charge in [0.05, 0.1) is 16.0 Å². The number of thiazole rings is 1. The Hall–Kier alpha value is -1.90. The molecule has 3 aromatic rings. The summed E-state index contributed by atoms with van der Waals surface area (Å²) in [6, 6.07) is 12.7. The van der Waals surface area contributed by atoms with Gasteiger partial charge in [-0.2, -0.15) is 0 Å². The molecule has 0 aliphatic rings. The number of rotatable bonds is 5. The first kappa shape index (κ1) is 16.9. The zero-order chi connectivity index (χ0) is 17.1.